The smallest absolute Gasteiger partial charge is 0.270 e. The van der Waals surface area contributed by atoms with Crippen LogP contribution in [0.3, 0.4) is 0 Å². The molecule has 0 unspecified atom stereocenters. The lowest BCUT2D eigenvalue weighted by Crippen LogP contribution is -2.43. The van der Waals surface area contributed by atoms with Crippen LogP contribution in [0, 0.1) is 0 Å². The summed E-state index contributed by atoms with van der Waals surface area (Å²) in [4.78, 5) is 16.6. The summed E-state index contributed by atoms with van der Waals surface area (Å²) >= 11 is 1.71. The summed E-state index contributed by atoms with van der Waals surface area (Å²) in [6.45, 7) is 11.2. The van der Waals surface area contributed by atoms with Gasteiger partial charge in [-0.1, -0.05) is 17.7 Å². The number of rotatable bonds is 4. The highest BCUT2D eigenvalue weighted by molar-refractivity contribution is 7.13. The van der Waals surface area contributed by atoms with Crippen LogP contribution in [0.15, 0.2) is 41.3 Å². The van der Waals surface area contributed by atoms with Crippen LogP contribution < -0.4 is 4.74 Å². The predicted molar refractivity (Wildman–Crippen MR) is 135 cm³/mol. The van der Waals surface area contributed by atoms with Gasteiger partial charge in [-0.2, -0.15) is 0 Å². The number of nitrogens with zero attached hydrogens (tertiary/aromatic N) is 2. The van der Waals surface area contributed by atoms with Gasteiger partial charge in [-0.15, -0.1) is 11.3 Å². The average Bonchev–Trinajstić information content (AvgIpc) is 3.38. The van der Waals surface area contributed by atoms with Gasteiger partial charge in [0.2, 0.25) is 0 Å². The van der Waals surface area contributed by atoms with Gasteiger partial charge in [0.05, 0.1) is 12.8 Å². The molecule has 3 aromatic rings. The van der Waals surface area contributed by atoms with Crippen LogP contribution in [0.25, 0.3) is 27.8 Å². The number of hydrogen-bond donors (Lipinski definition) is 0. The number of aromatic nitrogens is 1. The second kappa shape index (κ2) is 8.28. The molecule has 32 heavy (non-hydrogen) atoms. The molecule has 0 saturated heterocycles. The van der Waals surface area contributed by atoms with E-state index in [1.165, 1.54) is 21.6 Å². The Morgan fingerprint density at radius 1 is 1.19 bits per heavy atom. The van der Waals surface area contributed by atoms with Crippen molar-refractivity contribution in [3.8, 4) is 27.4 Å². The summed E-state index contributed by atoms with van der Waals surface area (Å²) in [5, 5.41) is 2.09. The number of fused-ring (bicyclic) bond motifs is 3. The van der Waals surface area contributed by atoms with Gasteiger partial charge in [-0.3, -0.25) is 4.79 Å². The summed E-state index contributed by atoms with van der Waals surface area (Å²) in [7, 11) is 3.62. The van der Waals surface area contributed by atoms with Crippen LogP contribution in [0.4, 0.5) is 0 Å². The largest absolute Gasteiger partial charge is 0.496 e. The summed E-state index contributed by atoms with van der Waals surface area (Å²) in [5.74, 6) is 0.953. The van der Waals surface area contributed by atoms with E-state index in [9.17, 15) is 4.79 Å². The Bertz CT molecular complexity index is 1190. The van der Waals surface area contributed by atoms with Gasteiger partial charge in [0.1, 0.15) is 11.4 Å². The van der Waals surface area contributed by atoms with Crippen LogP contribution in [-0.2, 0) is 13.0 Å². The second-order valence-electron chi connectivity index (χ2n) is 9.68. The maximum atomic E-state index is 13.6. The number of thiophene rings is 1. The summed E-state index contributed by atoms with van der Waals surface area (Å²) in [6, 6.07) is 10.7. The first kappa shape index (κ1) is 22.4. The fourth-order valence-electron chi connectivity index (χ4n) is 4.24. The van der Waals surface area contributed by atoms with Crippen molar-refractivity contribution >= 4 is 23.3 Å². The molecular formula is C27H32N2O2S. The zero-order chi connectivity index (χ0) is 23.2. The Morgan fingerprint density at radius 2 is 1.94 bits per heavy atom. The zero-order valence-electron chi connectivity index (χ0n) is 20.1. The summed E-state index contributed by atoms with van der Waals surface area (Å²) in [5.41, 5.74) is 7.50. The Hall–Kier alpha value is -2.79. The van der Waals surface area contributed by atoms with Crippen molar-refractivity contribution in [2.45, 2.75) is 53.1 Å². The third-order valence-corrected chi connectivity index (χ3v) is 7.08. The van der Waals surface area contributed by atoms with Gasteiger partial charge < -0.3 is 14.2 Å². The molecular weight excluding hydrogens is 416 g/mol. The van der Waals surface area contributed by atoms with Crippen molar-refractivity contribution in [2.75, 3.05) is 14.2 Å². The van der Waals surface area contributed by atoms with Crippen LogP contribution in [0.2, 0.25) is 0 Å². The molecule has 0 atom stereocenters. The van der Waals surface area contributed by atoms with Gasteiger partial charge in [0, 0.05) is 40.7 Å². The van der Waals surface area contributed by atoms with E-state index < -0.39 is 0 Å². The van der Waals surface area contributed by atoms with Crippen molar-refractivity contribution in [1.29, 1.82) is 0 Å². The first-order valence-corrected chi connectivity index (χ1v) is 11.9. The molecule has 168 valence electrons. The zero-order valence-corrected chi connectivity index (χ0v) is 20.9. The monoisotopic (exact) mass is 448 g/mol. The molecule has 4 rings (SSSR count). The number of aryl methyl sites for hydroxylation is 1. The first-order valence-electron chi connectivity index (χ1n) is 11.0. The van der Waals surface area contributed by atoms with Gasteiger partial charge in [-0.05, 0) is 76.2 Å². The van der Waals surface area contributed by atoms with Crippen LogP contribution in [0.5, 0.6) is 5.75 Å². The molecule has 1 amide bonds. The Kier molecular flexibility index (Phi) is 5.80. The lowest BCUT2D eigenvalue weighted by molar-refractivity contribution is 0.0644. The van der Waals surface area contributed by atoms with E-state index in [1.807, 2.05) is 11.9 Å². The van der Waals surface area contributed by atoms with Crippen molar-refractivity contribution in [2.24, 2.45) is 0 Å². The van der Waals surface area contributed by atoms with Crippen LogP contribution in [0.1, 0.15) is 56.2 Å². The Labute approximate surface area is 195 Å². The molecule has 1 aliphatic heterocycles. The number of allylic oxidation sites excluding steroid dienone is 1. The molecule has 5 heteroatoms. The van der Waals surface area contributed by atoms with E-state index in [2.05, 4.69) is 81.0 Å². The SMILES string of the molecule is COc1cc2c(cc1C=C(C)C)-c1c(-c3cccs3)cc(C(=O)N(C)C(C)(C)C)n1CC2. The number of ether oxygens (including phenoxy) is 1. The number of hydrogen-bond acceptors (Lipinski definition) is 3. The minimum atomic E-state index is -0.249. The predicted octanol–water partition coefficient (Wildman–Crippen LogP) is 6.74. The maximum Gasteiger partial charge on any atom is 0.270 e. The quantitative estimate of drug-likeness (QED) is 0.443. The van der Waals surface area contributed by atoms with Gasteiger partial charge in [0.25, 0.3) is 5.91 Å². The maximum absolute atomic E-state index is 13.6. The molecule has 3 heterocycles. The average molecular weight is 449 g/mol. The summed E-state index contributed by atoms with van der Waals surface area (Å²) < 4.78 is 7.93. The molecule has 4 nitrogen and oxygen atoms in total. The number of carbonyl (C=O) groups is 1. The molecule has 2 aromatic heterocycles. The van der Waals surface area contributed by atoms with Gasteiger partial charge in [-0.25, -0.2) is 0 Å². The van der Waals surface area contributed by atoms with E-state index in [0.717, 1.165) is 41.2 Å². The number of methoxy groups -OCH3 is 1. The highest BCUT2D eigenvalue weighted by atomic mass is 32.1. The third kappa shape index (κ3) is 3.90. The highest BCUT2D eigenvalue weighted by Crippen LogP contribution is 2.44. The molecule has 0 fully saturated rings. The third-order valence-electron chi connectivity index (χ3n) is 6.17. The lowest BCUT2D eigenvalue weighted by Gasteiger charge is -2.32. The Morgan fingerprint density at radius 3 is 2.53 bits per heavy atom. The van der Waals surface area contributed by atoms with Gasteiger partial charge in [0.15, 0.2) is 0 Å². The molecule has 0 aliphatic carbocycles. The van der Waals surface area contributed by atoms with Crippen molar-refractivity contribution in [1.82, 2.24) is 9.47 Å². The fourth-order valence-corrected chi connectivity index (χ4v) is 4.99. The lowest BCUT2D eigenvalue weighted by atomic mass is 9.93. The van der Waals surface area contributed by atoms with Crippen LogP contribution >= 0.6 is 11.3 Å². The minimum Gasteiger partial charge on any atom is -0.496 e. The van der Waals surface area contributed by atoms with Crippen molar-refractivity contribution in [3.05, 3.63) is 58.1 Å². The number of amides is 1. The highest BCUT2D eigenvalue weighted by Gasteiger charge is 2.31. The van der Waals surface area contributed by atoms with E-state index in [1.54, 1.807) is 18.4 Å². The summed E-state index contributed by atoms with van der Waals surface area (Å²) in [6.07, 6.45) is 3.02. The second-order valence-corrected chi connectivity index (χ2v) is 10.6. The molecule has 0 spiro atoms. The number of benzene rings is 1. The molecule has 0 saturated carbocycles. The van der Waals surface area contributed by atoms with Crippen LogP contribution in [-0.4, -0.2) is 35.1 Å². The van der Waals surface area contributed by atoms with E-state index >= 15 is 0 Å². The fraction of sp³-hybridized carbons (Fsp3) is 0.370. The van der Waals surface area contributed by atoms with E-state index in [0.29, 0.717) is 0 Å². The molecule has 0 radical (unpaired) electrons. The van der Waals surface area contributed by atoms with Crippen molar-refractivity contribution in [3.63, 3.8) is 0 Å². The minimum absolute atomic E-state index is 0.0584. The Balaban J connectivity index is 1.97. The van der Waals surface area contributed by atoms with E-state index in [-0.39, 0.29) is 11.4 Å². The topological polar surface area (TPSA) is 34.5 Å². The standard InChI is InChI=1S/C27H32N2O2S/c1-17(2)13-19-14-20-18(15-23(19)31-7)10-11-29-22(26(30)28(6)27(3,4)5)16-21(25(20)29)24-9-8-12-32-24/h8-9,12-16H,10-11H2,1-7H3. The first-order chi connectivity index (χ1) is 15.1. The number of carbonyl (C=O) groups excluding carboxylic acids is 1. The molecule has 0 N–H and O–H groups in total. The molecule has 0 bridgehead atoms. The molecule has 1 aliphatic rings. The van der Waals surface area contributed by atoms with Crippen molar-refractivity contribution < 1.29 is 9.53 Å². The normalized spacial score (nSPS) is 12.7. The van der Waals surface area contributed by atoms with Gasteiger partial charge >= 0.3 is 0 Å². The van der Waals surface area contributed by atoms with E-state index in [4.69, 9.17) is 4.74 Å². The molecule has 1 aromatic carbocycles.